The maximum absolute atomic E-state index is 13.5. The number of aromatic nitrogens is 3. The number of nitrogens with one attached hydrogen (secondary N) is 3. The molecule has 2 aromatic rings. The second kappa shape index (κ2) is 6.52. The summed E-state index contributed by atoms with van der Waals surface area (Å²) >= 11 is 0. The fourth-order valence-corrected chi connectivity index (χ4v) is 3.54. The molecule has 1 fully saturated rings. The minimum Gasteiger partial charge on any atom is -0.356 e. The van der Waals surface area contributed by atoms with Crippen LogP contribution in [0.15, 0.2) is 12.4 Å². The Morgan fingerprint density at radius 1 is 1.37 bits per heavy atom. The number of hydrogen-bond acceptors (Lipinski definition) is 5. The van der Waals surface area contributed by atoms with Crippen LogP contribution >= 0.6 is 0 Å². The first kappa shape index (κ1) is 17.8. The van der Waals surface area contributed by atoms with Gasteiger partial charge in [-0.05, 0) is 19.4 Å². The smallest absolute Gasteiger partial charge is 0.356 e. The third kappa shape index (κ3) is 3.25. The first-order valence-electron chi connectivity index (χ1n) is 8.72. The molecule has 0 radical (unpaired) electrons. The van der Waals surface area contributed by atoms with Crippen LogP contribution in [-0.4, -0.2) is 51.9 Å². The Labute approximate surface area is 153 Å². The molecule has 3 N–H and O–H groups in total. The quantitative estimate of drug-likeness (QED) is 0.760. The fraction of sp³-hybridized carbons (Fsp3) is 0.471. The maximum Gasteiger partial charge on any atom is 0.419 e. The molecule has 2 aliphatic rings. The maximum atomic E-state index is 13.5. The largest absolute Gasteiger partial charge is 0.419 e. The van der Waals surface area contributed by atoms with Crippen LogP contribution in [0.2, 0.25) is 0 Å². The molecule has 27 heavy (non-hydrogen) atoms. The number of halogens is 3. The van der Waals surface area contributed by atoms with Crippen molar-refractivity contribution in [3.63, 3.8) is 0 Å². The van der Waals surface area contributed by atoms with E-state index in [4.69, 9.17) is 0 Å². The molecule has 10 heteroatoms. The van der Waals surface area contributed by atoms with Crippen molar-refractivity contribution in [1.29, 1.82) is 0 Å². The summed E-state index contributed by atoms with van der Waals surface area (Å²) in [5.41, 5.74) is -0.0209. The molecule has 0 aromatic carbocycles. The Bertz CT molecular complexity index is 872. The molecular weight excluding hydrogens is 361 g/mol. The lowest BCUT2D eigenvalue weighted by Gasteiger charge is -2.24. The van der Waals surface area contributed by atoms with Gasteiger partial charge in [-0.2, -0.15) is 13.2 Å². The van der Waals surface area contributed by atoms with E-state index >= 15 is 0 Å². The van der Waals surface area contributed by atoms with Gasteiger partial charge in [-0.15, -0.1) is 0 Å². The topological polar surface area (TPSA) is 85.9 Å². The second-order valence-electron chi connectivity index (χ2n) is 6.86. The first-order valence-corrected chi connectivity index (χ1v) is 8.72. The third-order valence-corrected chi connectivity index (χ3v) is 4.92. The van der Waals surface area contributed by atoms with Gasteiger partial charge in [0, 0.05) is 49.7 Å². The van der Waals surface area contributed by atoms with Crippen molar-refractivity contribution in [3.05, 3.63) is 29.2 Å². The van der Waals surface area contributed by atoms with Crippen LogP contribution in [0, 0.1) is 0 Å². The molecule has 1 amide bonds. The Kier molecular flexibility index (Phi) is 4.29. The number of alkyl halides is 3. The highest BCUT2D eigenvalue weighted by Crippen LogP contribution is 2.39. The number of carbonyl (C=O) groups is 1. The standard InChI is InChI=1S/C17H19F3N6O/c1-26-8-11-10(6-22-14(11)15(26)27)13-12(17(18,19)20)7-23-16(25-13)24-9-3-2-4-21-5-9/h6-7,9,21-22H,2-5,8H2,1H3,(H,23,24,25). The first-order chi connectivity index (χ1) is 12.8. The van der Waals surface area contributed by atoms with Crippen molar-refractivity contribution < 1.29 is 18.0 Å². The number of rotatable bonds is 3. The van der Waals surface area contributed by atoms with Crippen LogP contribution in [0.25, 0.3) is 11.3 Å². The molecule has 4 heterocycles. The predicted molar refractivity (Wildman–Crippen MR) is 92.1 cm³/mol. The van der Waals surface area contributed by atoms with Crippen LogP contribution in [0.5, 0.6) is 0 Å². The molecule has 144 valence electrons. The normalized spacial score (nSPS) is 20.1. The number of amides is 1. The van der Waals surface area contributed by atoms with E-state index in [1.807, 2.05) is 0 Å². The molecule has 2 aliphatic heterocycles. The molecule has 0 aliphatic carbocycles. The van der Waals surface area contributed by atoms with E-state index in [-0.39, 0.29) is 35.7 Å². The van der Waals surface area contributed by atoms with Gasteiger partial charge in [-0.25, -0.2) is 9.97 Å². The summed E-state index contributed by atoms with van der Waals surface area (Å²) in [5.74, 6) is -0.0928. The average molecular weight is 380 g/mol. The van der Waals surface area contributed by atoms with E-state index in [0.29, 0.717) is 17.8 Å². The minimum absolute atomic E-state index is 0.0630. The van der Waals surface area contributed by atoms with Gasteiger partial charge in [0.25, 0.3) is 5.91 Å². The predicted octanol–water partition coefficient (Wildman–Crippen LogP) is 2.24. The highest BCUT2D eigenvalue weighted by Gasteiger charge is 2.38. The third-order valence-electron chi connectivity index (χ3n) is 4.92. The zero-order chi connectivity index (χ0) is 19.2. The molecule has 0 saturated carbocycles. The van der Waals surface area contributed by atoms with Gasteiger partial charge in [0.2, 0.25) is 5.95 Å². The molecule has 1 unspecified atom stereocenters. The average Bonchev–Trinajstić information content (AvgIpc) is 3.15. The van der Waals surface area contributed by atoms with Gasteiger partial charge in [0.1, 0.15) is 11.3 Å². The lowest BCUT2D eigenvalue weighted by Crippen LogP contribution is -2.38. The summed E-state index contributed by atoms with van der Waals surface area (Å²) in [5, 5.41) is 6.34. The Balaban J connectivity index is 1.75. The zero-order valence-electron chi connectivity index (χ0n) is 14.7. The second-order valence-corrected chi connectivity index (χ2v) is 6.86. The summed E-state index contributed by atoms with van der Waals surface area (Å²) < 4.78 is 40.6. The summed E-state index contributed by atoms with van der Waals surface area (Å²) in [4.78, 5) is 24.4. The van der Waals surface area contributed by atoms with Gasteiger partial charge in [-0.3, -0.25) is 4.79 Å². The number of aromatic amines is 1. The van der Waals surface area contributed by atoms with Crippen molar-refractivity contribution in [3.8, 4) is 11.3 Å². The highest BCUT2D eigenvalue weighted by atomic mass is 19.4. The number of carbonyl (C=O) groups excluding carboxylic acids is 1. The van der Waals surface area contributed by atoms with Crippen molar-refractivity contribution in [1.82, 2.24) is 25.2 Å². The summed E-state index contributed by atoms with van der Waals surface area (Å²) in [6.45, 7) is 1.87. The molecular formula is C17H19F3N6O. The van der Waals surface area contributed by atoms with Gasteiger partial charge < -0.3 is 20.5 Å². The van der Waals surface area contributed by atoms with Crippen molar-refractivity contribution >= 4 is 11.9 Å². The molecule has 2 aromatic heterocycles. The monoisotopic (exact) mass is 380 g/mol. The van der Waals surface area contributed by atoms with Gasteiger partial charge in [0.15, 0.2) is 0 Å². The van der Waals surface area contributed by atoms with Crippen LogP contribution in [-0.2, 0) is 12.7 Å². The van der Waals surface area contributed by atoms with Crippen molar-refractivity contribution in [2.45, 2.75) is 31.6 Å². The minimum atomic E-state index is -4.60. The SMILES string of the molecule is CN1Cc2c(-c3nc(NC4CCCNC4)ncc3C(F)(F)F)c[nH]c2C1=O. The van der Waals surface area contributed by atoms with E-state index < -0.39 is 11.7 Å². The van der Waals surface area contributed by atoms with Crippen LogP contribution in [0.1, 0.15) is 34.5 Å². The van der Waals surface area contributed by atoms with Crippen LogP contribution < -0.4 is 10.6 Å². The number of H-pyrrole nitrogens is 1. The van der Waals surface area contributed by atoms with Gasteiger partial charge in [-0.1, -0.05) is 0 Å². The Hall–Kier alpha value is -2.62. The molecule has 0 spiro atoms. The van der Waals surface area contributed by atoms with Gasteiger partial charge in [0.05, 0.1) is 5.69 Å². The number of hydrogen-bond donors (Lipinski definition) is 3. The lowest BCUT2D eigenvalue weighted by molar-refractivity contribution is -0.137. The highest BCUT2D eigenvalue weighted by molar-refractivity contribution is 5.99. The van der Waals surface area contributed by atoms with Crippen LogP contribution in [0.4, 0.5) is 19.1 Å². The van der Waals surface area contributed by atoms with Crippen LogP contribution in [0.3, 0.4) is 0 Å². The summed E-state index contributed by atoms with van der Waals surface area (Å²) in [6.07, 6.45) is -0.505. The number of piperidine rings is 1. The number of fused-ring (bicyclic) bond motifs is 1. The van der Waals surface area contributed by atoms with Crippen molar-refractivity contribution in [2.75, 3.05) is 25.5 Å². The lowest BCUT2D eigenvalue weighted by atomic mass is 10.0. The van der Waals surface area contributed by atoms with Crippen molar-refractivity contribution in [2.24, 2.45) is 0 Å². The zero-order valence-corrected chi connectivity index (χ0v) is 14.7. The summed E-state index contributed by atoms with van der Waals surface area (Å²) in [7, 11) is 1.60. The number of anilines is 1. The van der Waals surface area contributed by atoms with E-state index in [9.17, 15) is 18.0 Å². The molecule has 1 atom stereocenters. The molecule has 4 rings (SSSR count). The number of nitrogens with zero attached hydrogens (tertiary/aromatic N) is 3. The molecule has 0 bridgehead atoms. The van der Waals surface area contributed by atoms with E-state index in [1.54, 1.807) is 7.05 Å². The van der Waals surface area contributed by atoms with E-state index in [0.717, 1.165) is 25.6 Å². The van der Waals surface area contributed by atoms with Gasteiger partial charge >= 0.3 is 6.18 Å². The fourth-order valence-electron chi connectivity index (χ4n) is 3.54. The Morgan fingerprint density at radius 3 is 2.89 bits per heavy atom. The van der Waals surface area contributed by atoms with E-state index in [2.05, 4.69) is 25.6 Å². The Morgan fingerprint density at radius 2 is 2.19 bits per heavy atom. The molecule has 1 saturated heterocycles. The molecule has 7 nitrogen and oxygen atoms in total. The van der Waals surface area contributed by atoms with E-state index in [1.165, 1.54) is 11.1 Å². The summed E-state index contributed by atoms with van der Waals surface area (Å²) in [6, 6.07) is 0.0630.